The molecule has 1 N–H and O–H groups in total. The van der Waals surface area contributed by atoms with E-state index in [0.29, 0.717) is 6.04 Å². The van der Waals surface area contributed by atoms with Gasteiger partial charge in [0.25, 0.3) is 0 Å². The molecule has 0 fully saturated rings. The molecule has 1 unspecified atom stereocenters. The molecule has 1 nitrogen and oxygen atoms in total. The summed E-state index contributed by atoms with van der Waals surface area (Å²) >= 11 is 0. The molecular formula is C19H24FN. The van der Waals surface area contributed by atoms with Crippen LogP contribution in [0, 0.1) is 12.7 Å². The molecule has 2 aromatic rings. The quantitative estimate of drug-likeness (QED) is 0.818. The van der Waals surface area contributed by atoms with E-state index >= 15 is 0 Å². The Morgan fingerprint density at radius 2 is 1.81 bits per heavy atom. The highest BCUT2D eigenvalue weighted by Gasteiger charge is 2.05. The molecular weight excluding hydrogens is 261 g/mol. The predicted octanol–water partition coefficient (Wildman–Crippen LogP) is 4.59. The third kappa shape index (κ3) is 4.40. The summed E-state index contributed by atoms with van der Waals surface area (Å²) in [4.78, 5) is 0. The van der Waals surface area contributed by atoms with Gasteiger partial charge in [0, 0.05) is 6.04 Å². The van der Waals surface area contributed by atoms with Gasteiger partial charge in [0.05, 0.1) is 0 Å². The van der Waals surface area contributed by atoms with Crippen LogP contribution >= 0.6 is 0 Å². The fourth-order valence-corrected chi connectivity index (χ4v) is 2.52. The van der Waals surface area contributed by atoms with Gasteiger partial charge in [-0.25, -0.2) is 4.39 Å². The Balaban J connectivity index is 1.87. The number of nitrogens with one attached hydrogen (secondary N) is 1. The van der Waals surface area contributed by atoms with E-state index in [1.165, 1.54) is 22.8 Å². The van der Waals surface area contributed by atoms with Crippen molar-refractivity contribution in [3.05, 3.63) is 70.5 Å². The van der Waals surface area contributed by atoms with Crippen LogP contribution in [0.2, 0.25) is 0 Å². The van der Waals surface area contributed by atoms with Crippen molar-refractivity contribution < 1.29 is 4.39 Å². The fourth-order valence-electron chi connectivity index (χ4n) is 2.52. The maximum Gasteiger partial charge on any atom is 0.123 e. The summed E-state index contributed by atoms with van der Waals surface area (Å²) in [6, 6.07) is 14.1. The van der Waals surface area contributed by atoms with Crippen LogP contribution in [-0.2, 0) is 12.8 Å². The Morgan fingerprint density at radius 3 is 2.43 bits per heavy atom. The summed E-state index contributed by atoms with van der Waals surface area (Å²) in [5.74, 6) is -0.159. The number of rotatable bonds is 6. The molecule has 0 saturated carbocycles. The topological polar surface area (TPSA) is 12.0 Å². The largest absolute Gasteiger partial charge is 0.310 e. The van der Waals surface area contributed by atoms with Crippen LogP contribution in [0.5, 0.6) is 0 Å². The second-order valence-corrected chi connectivity index (χ2v) is 5.59. The Bertz CT molecular complexity index is 575. The third-order valence-electron chi connectivity index (χ3n) is 4.04. The summed E-state index contributed by atoms with van der Waals surface area (Å²) in [6.45, 7) is 7.20. The number of halogens is 1. The standard InChI is InChI=1S/C19H24FN/c1-4-16-5-7-18(8-6-16)15(3)21-12-11-17-9-10-19(20)13-14(17)2/h5-10,13,15,21H,4,11-12H2,1-3H3. The normalized spacial score (nSPS) is 12.4. The van der Waals surface area contributed by atoms with Crippen LogP contribution in [0.25, 0.3) is 0 Å². The lowest BCUT2D eigenvalue weighted by Crippen LogP contribution is -2.21. The molecule has 2 rings (SSSR count). The highest BCUT2D eigenvalue weighted by molar-refractivity contribution is 5.27. The van der Waals surface area contributed by atoms with Gasteiger partial charge in [-0.15, -0.1) is 0 Å². The number of hydrogen-bond donors (Lipinski definition) is 1. The first kappa shape index (κ1) is 15.7. The molecule has 0 aliphatic carbocycles. The van der Waals surface area contributed by atoms with Gasteiger partial charge in [0.1, 0.15) is 5.82 Å². The minimum Gasteiger partial charge on any atom is -0.310 e. The van der Waals surface area contributed by atoms with Crippen molar-refractivity contribution in [1.82, 2.24) is 5.32 Å². The molecule has 112 valence electrons. The second-order valence-electron chi connectivity index (χ2n) is 5.59. The first-order chi connectivity index (χ1) is 10.1. The number of hydrogen-bond acceptors (Lipinski definition) is 1. The highest BCUT2D eigenvalue weighted by atomic mass is 19.1. The highest BCUT2D eigenvalue weighted by Crippen LogP contribution is 2.15. The lowest BCUT2D eigenvalue weighted by Gasteiger charge is -2.15. The lowest BCUT2D eigenvalue weighted by molar-refractivity contribution is 0.575. The van der Waals surface area contributed by atoms with Gasteiger partial charge >= 0.3 is 0 Å². The van der Waals surface area contributed by atoms with E-state index in [4.69, 9.17) is 0 Å². The molecule has 21 heavy (non-hydrogen) atoms. The second kappa shape index (κ2) is 7.37. The van der Waals surface area contributed by atoms with Crippen LogP contribution in [-0.4, -0.2) is 6.54 Å². The first-order valence-electron chi connectivity index (χ1n) is 7.67. The van der Waals surface area contributed by atoms with E-state index in [0.717, 1.165) is 24.9 Å². The average molecular weight is 285 g/mol. The van der Waals surface area contributed by atoms with Crippen molar-refractivity contribution in [2.45, 2.75) is 39.7 Å². The minimum absolute atomic E-state index is 0.159. The van der Waals surface area contributed by atoms with Gasteiger partial charge in [-0.1, -0.05) is 37.3 Å². The SMILES string of the molecule is CCc1ccc(C(C)NCCc2ccc(F)cc2C)cc1. The zero-order valence-electron chi connectivity index (χ0n) is 13.1. The molecule has 0 heterocycles. The van der Waals surface area contributed by atoms with Crippen molar-refractivity contribution >= 4 is 0 Å². The van der Waals surface area contributed by atoms with Crippen LogP contribution in [0.1, 0.15) is 42.1 Å². The van der Waals surface area contributed by atoms with Crippen molar-refractivity contribution in [3.63, 3.8) is 0 Å². The van der Waals surface area contributed by atoms with E-state index in [1.807, 2.05) is 13.0 Å². The molecule has 1 atom stereocenters. The maximum absolute atomic E-state index is 13.1. The zero-order chi connectivity index (χ0) is 15.2. The molecule has 0 saturated heterocycles. The molecule has 0 aromatic heterocycles. The summed E-state index contributed by atoms with van der Waals surface area (Å²) in [7, 11) is 0. The van der Waals surface area contributed by atoms with Crippen LogP contribution < -0.4 is 5.32 Å². The summed E-state index contributed by atoms with van der Waals surface area (Å²) < 4.78 is 13.1. The fraction of sp³-hybridized carbons (Fsp3) is 0.368. The Labute approximate surface area is 127 Å². The third-order valence-corrected chi connectivity index (χ3v) is 4.04. The van der Waals surface area contributed by atoms with E-state index < -0.39 is 0 Å². The van der Waals surface area contributed by atoms with Crippen molar-refractivity contribution in [2.24, 2.45) is 0 Å². The van der Waals surface area contributed by atoms with E-state index in [9.17, 15) is 4.39 Å². The maximum atomic E-state index is 13.1. The summed E-state index contributed by atoms with van der Waals surface area (Å²) in [5, 5.41) is 3.53. The van der Waals surface area contributed by atoms with Crippen molar-refractivity contribution in [1.29, 1.82) is 0 Å². The lowest BCUT2D eigenvalue weighted by atomic mass is 10.0. The zero-order valence-corrected chi connectivity index (χ0v) is 13.1. The molecule has 0 amide bonds. The minimum atomic E-state index is -0.159. The smallest absolute Gasteiger partial charge is 0.123 e. The first-order valence-corrected chi connectivity index (χ1v) is 7.67. The molecule has 0 spiro atoms. The van der Waals surface area contributed by atoms with Gasteiger partial charge in [0.15, 0.2) is 0 Å². The van der Waals surface area contributed by atoms with Crippen LogP contribution in [0.3, 0.4) is 0 Å². The molecule has 2 heteroatoms. The molecule has 0 aliphatic heterocycles. The monoisotopic (exact) mass is 285 g/mol. The van der Waals surface area contributed by atoms with Gasteiger partial charge in [0.2, 0.25) is 0 Å². The summed E-state index contributed by atoms with van der Waals surface area (Å²) in [5.41, 5.74) is 4.91. The summed E-state index contributed by atoms with van der Waals surface area (Å²) in [6.07, 6.45) is 2.00. The average Bonchev–Trinajstić information content (AvgIpc) is 2.49. The van der Waals surface area contributed by atoms with Gasteiger partial charge in [-0.2, -0.15) is 0 Å². The number of benzene rings is 2. The molecule has 0 radical (unpaired) electrons. The Kier molecular flexibility index (Phi) is 5.51. The van der Waals surface area contributed by atoms with Crippen molar-refractivity contribution in [3.8, 4) is 0 Å². The van der Waals surface area contributed by atoms with Crippen molar-refractivity contribution in [2.75, 3.05) is 6.54 Å². The molecule has 2 aromatic carbocycles. The van der Waals surface area contributed by atoms with Crippen LogP contribution in [0.15, 0.2) is 42.5 Å². The Hall–Kier alpha value is -1.67. The van der Waals surface area contributed by atoms with E-state index in [-0.39, 0.29) is 5.82 Å². The van der Waals surface area contributed by atoms with Gasteiger partial charge in [-0.3, -0.25) is 0 Å². The van der Waals surface area contributed by atoms with E-state index in [2.05, 4.69) is 43.4 Å². The molecule has 0 bridgehead atoms. The predicted molar refractivity (Wildman–Crippen MR) is 87.1 cm³/mol. The number of aryl methyl sites for hydroxylation is 2. The van der Waals surface area contributed by atoms with Crippen LogP contribution in [0.4, 0.5) is 4.39 Å². The van der Waals surface area contributed by atoms with Gasteiger partial charge < -0.3 is 5.32 Å². The van der Waals surface area contributed by atoms with E-state index in [1.54, 1.807) is 6.07 Å². The molecule has 0 aliphatic rings. The van der Waals surface area contributed by atoms with Gasteiger partial charge in [-0.05, 0) is 67.6 Å². The Morgan fingerprint density at radius 1 is 1.10 bits per heavy atom.